The highest BCUT2D eigenvalue weighted by Gasteiger charge is 2.61. The summed E-state index contributed by atoms with van der Waals surface area (Å²) in [5, 5.41) is 8.67. The molecule has 0 radical (unpaired) electrons. The first-order valence-electron chi connectivity index (χ1n) is 10.2. The maximum atomic E-state index is 10.6. The largest absolute Gasteiger partial charge is 0.478 e. The quantitative estimate of drug-likeness (QED) is 0.445. The lowest BCUT2D eigenvalue weighted by Crippen LogP contribution is -2.49. The summed E-state index contributed by atoms with van der Waals surface area (Å²) in [6, 6.07) is 11.0. The number of benzene rings is 1. The maximum Gasteiger partial charge on any atom is 0.328 e. The topological polar surface area (TPSA) is 37.3 Å². The van der Waals surface area contributed by atoms with Crippen molar-refractivity contribution in [2.75, 3.05) is 0 Å². The van der Waals surface area contributed by atoms with Gasteiger partial charge >= 0.3 is 5.97 Å². The van der Waals surface area contributed by atoms with Crippen molar-refractivity contribution in [1.29, 1.82) is 0 Å². The van der Waals surface area contributed by atoms with Crippen LogP contribution in [0, 0.1) is 41.4 Å². The fourth-order valence-corrected chi connectivity index (χ4v) is 6.57. The van der Waals surface area contributed by atoms with Gasteiger partial charge in [0.15, 0.2) is 0 Å². The number of hydrogen-bond acceptors (Lipinski definition) is 1. The minimum absolute atomic E-state index is 0.531. The Kier molecular flexibility index (Phi) is 4.15. The highest BCUT2D eigenvalue weighted by molar-refractivity contribution is 5.80. The van der Waals surface area contributed by atoms with Crippen molar-refractivity contribution in [3.05, 3.63) is 84.5 Å². The van der Waals surface area contributed by atoms with Gasteiger partial charge in [0.2, 0.25) is 0 Å². The summed E-state index contributed by atoms with van der Waals surface area (Å²) < 4.78 is 0. The third-order valence-corrected chi connectivity index (χ3v) is 7.53. The predicted molar refractivity (Wildman–Crippen MR) is 107 cm³/mol. The van der Waals surface area contributed by atoms with Gasteiger partial charge in [-0.15, -0.1) is 0 Å². The molecule has 8 atom stereocenters. The molecule has 4 aliphatic rings. The zero-order chi connectivity index (χ0) is 18.4. The summed E-state index contributed by atoms with van der Waals surface area (Å²) in [7, 11) is 0. The predicted octanol–water partition coefficient (Wildman–Crippen LogP) is 5.23. The molecule has 0 amide bonds. The monoisotopic (exact) mass is 358 g/mol. The average Bonchev–Trinajstić information content (AvgIpc) is 3.02. The molecule has 2 nitrogen and oxygen atoms in total. The van der Waals surface area contributed by atoms with Crippen molar-refractivity contribution in [3.8, 4) is 0 Å². The molecule has 27 heavy (non-hydrogen) atoms. The van der Waals surface area contributed by atoms with Crippen molar-refractivity contribution in [2.24, 2.45) is 41.4 Å². The smallest absolute Gasteiger partial charge is 0.328 e. The summed E-state index contributed by atoms with van der Waals surface area (Å²) in [6.07, 6.45) is 19.3. The Morgan fingerprint density at radius 1 is 1.00 bits per heavy atom. The van der Waals surface area contributed by atoms with E-state index in [1.54, 1.807) is 6.08 Å². The lowest BCUT2D eigenvalue weighted by Gasteiger charge is -2.54. The van der Waals surface area contributed by atoms with Gasteiger partial charge in [0.1, 0.15) is 0 Å². The van der Waals surface area contributed by atoms with Crippen molar-refractivity contribution in [1.82, 2.24) is 0 Å². The van der Waals surface area contributed by atoms with E-state index in [2.05, 4.69) is 60.7 Å². The summed E-state index contributed by atoms with van der Waals surface area (Å²) in [4.78, 5) is 10.6. The Morgan fingerprint density at radius 2 is 1.81 bits per heavy atom. The number of carboxylic acids is 1. The zero-order valence-electron chi connectivity index (χ0n) is 15.4. The van der Waals surface area contributed by atoms with Crippen molar-refractivity contribution >= 4 is 5.97 Å². The molecule has 2 fully saturated rings. The number of rotatable bonds is 5. The molecule has 0 unspecified atom stereocenters. The van der Waals surface area contributed by atoms with E-state index in [9.17, 15) is 4.79 Å². The molecule has 138 valence electrons. The lowest BCUT2D eigenvalue weighted by atomic mass is 9.50. The maximum absolute atomic E-state index is 10.6. The standard InChI is InChI=1S/C25H26O2/c26-23(27)10-6-2-5-9-19-21-14-13-20-18(16-7-3-1-4-8-16)12-11-17-15-22(19)25(21)24(17)20/h1-8,10-14,17-22,24-25H,9,15H2,(H,26,27)/b5-2+,10-6+/t17-,18-,19+,20-,21+,22-,24+,25+/m0/s1. The highest BCUT2D eigenvalue weighted by atomic mass is 16.4. The number of carboxylic acid groups (broad SMARTS) is 1. The second-order valence-corrected chi connectivity index (χ2v) is 8.60. The van der Waals surface area contributed by atoms with Crippen LogP contribution in [-0.2, 0) is 4.79 Å². The Balaban J connectivity index is 1.34. The highest BCUT2D eigenvalue weighted by Crippen LogP contribution is 2.67. The first-order valence-corrected chi connectivity index (χ1v) is 10.2. The van der Waals surface area contributed by atoms with Gasteiger partial charge in [-0.2, -0.15) is 0 Å². The summed E-state index contributed by atoms with van der Waals surface area (Å²) in [5.41, 5.74) is 1.45. The van der Waals surface area contributed by atoms with Gasteiger partial charge in [-0.1, -0.05) is 72.9 Å². The van der Waals surface area contributed by atoms with Crippen LogP contribution >= 0.6 is 0 Å². The van der Waals surface area contributed by atoms with Crippen LogP contribution in [0.5, 0.6) is 0 Å². The second kappa shape index (κ2) is 6.67. The summed E-state index contributed by atoms with van der Waals surface area (Å²) in [5.74, 6) is 5.01. The van der Waals surface area contributed by atoms with E-state index < -0.39 is 5.97 Å². The third-order valence-electron chi connectivity index (χ3n) is 7.53. The lowest BCUT2D eigenvalue weighted by molar-refractivity contribution is -0.131. The van der Waals surface area contributed by atoms with Gasteiger partial charge in [0.05, 0.1) is 0 Å². The Morgan fingerprint density at radius 3 is 2.63 bits per heavy atom. The van der Waals surface area contributed by atoms with Gasteiger partial charge < -0.3 is 5.11 Å². The van der Waals surface area contributed by atoms with Crippen LogP contribution in [0.15, 0.2) is 78.9 Å². The van der Waals surface area contributed by atoms with Gasteiger partial charge in [-0.25, -0.2) is 4.79 Å². The number of aliphatic carboxylic acids is 1. The average molecular weight is 358 g/mol. The zero-order valence-corrected chi connectivity index (χ0v) is 15.4. The van der Waals surface area contributed by atoms with Gasteiger partial charge in [-0.3, -0.25) is 0 Å². The Hall–Kier alpha value is -2.35. The fraction of sp³-hybridized carbons (Fsp3) is 0.400. The second-order valence-electron chi connectivity index (χ2n) is 8.60. The molecule has 2 heteroatoms. The van der Waals surface area contributed by atoms with Crippen LogP contribution in [-0.4, -0.2) is 11.1 Å². The molecule has 2 saturated carbocycles. The van der Waals surface area contributed by atoms with Crippen LogP contribution in [0.1, 0.15) is 24.3 Å². The molecular formula is C25H26O2. The van der Waals surface area contributed by atoms with Crippen molar-refractivity contribution in [2.45, 2.75) is 18.8 Å². The van der Waals surface area contributed by atoms with Crippen LogP contribution in [0.3, 0.4) is 0 Å². The minimum atomic E-state index is -0.885. The molecule has 0 saturated heterocycles. The van der Waals surface area contributed by atoms with E-state index in [0.717, 1.165) is 41.9 Å². The van der Waals surface area contributed by atoms with Gasteiger partial charge in [-0.05, 0) is 59.8 Å². The van der Waals surface area contributed by atoms with Gasteiger partial charge in [0.25, 0.3) is 0 Å². The third kappa shape index (κ3) is 2.74. The molecular weight excluding hydrogens is 332 g/mol. The Bertz CT molecular complexity index is 831. The first-order chi connectivity index (χ1) is 13.2. The summed E-state index contributed by atoms with van der Waals surface area (Å²) in [6.45, 7) is 0. The number of hydrogen-bond donors (Lipinski definition) is 1. The van der Waals surface area contributed by atoms with E-state index in [1.807, 2.05) is 6.08 Å². The number of allylic oxidation sites excluding steroid dienone is 7. The molecule has 0 aliphatic heterocycles. The van der Waals surface area contributed by atoms with Crippen LogP contribution in [0.25, 0.3) is 0 Å². The number of carbonyl (C=O) groups is 1. The van der Waals surface area contributed by atoms with Gasteiger partial charge in [0, 0.05) is 12.0 Å². The van der Waals surface area contributed by atoms with Crippen molar-refractivity contribution < 1.29 is 9.90 Å². The van der Waals surface area contributed by atoms with Crippen LogP contribution in [0.4, 0.5) is 0 Å². The van der Waals surface area contributed by atoms with Crippen molar-refractivity contribution in [3.63, 3.8) is 0 Å². The summed E-state index contributed by atoms with van der Waals surface area (Å²) >= 11 is 0. The molecule has 1 aromatic carbocycles. The molecule has 5 rings (SSSR count). The molecule has 4 aliphatic carbocycles. The van der Waals surface area contributed by atoms with Crippen LogP contribution < -0.4 is 0 Å². The molecule has 0 bridgehead atoms. The van der Waals surface area contributed by atoms with E-state index in [4.69, 9.17) is 5.11 Å². The van der Waals surface area contributed by atoms with E-state index in [0.29, 0.717) is 11.8 Å². The Labute approximate surface area is 161 Å². The molecule has 0 spiro atoms. The van der Waals surface area contributed by atoms with Crippen LogP contribution in [0.2, 0.25) is 0 Å². The first kappa shape index (κ1) is 16.8. The minimum Gasteiger partial charge on any atom is -0.478 e. The molecule has 1 aromatic rings. The molecule has 0 aromatic heterocycles. The van der Waals surface area contributed by atoms with E-state index in [-0.39, 0.29) is 0 Å². The normalized spacial score (nSPS) is 41.0. The van der Waals surface area contributed by atoms with E-state index >= 15 is 0 Å². The molecule has 1 N–H and O–H groups in total. The van der Waals surface area contributed by atoms with E-state index in [1.165, 1.54) is 18.1 Å². The molecule has 0 heterocycles. The SMILES string of the molecule is O=C(O)/C=C/C=C/C[C@@H]1[C@H]2C=C[C@@H]3[C@@H]4[C@H]2[C@H]1C[C@@H]4C=C[C@H]3c1ccccc1. The fourth-order valence-electron chi connectivity index (χ4n) is 6.57.